The molecule has 43 heavy (non-hydrogen) atoms. The van der Waals surface area contributed by atoms with E-state index in [1.807, 2.05) is 5.38 Å². The highest BCUT2D eigenvalue weighted by atomic mass is 79.9. The molecule has 4 heterocycles. The Kier molecular flexibility index (Phi) is 8.94. The van der Waals surface area contributed by atoms with Gasteiger partial charge < -0.3 is 18.5 Å². The average molecular weight is 724 g/mol. The van der Waals surface area contributed by atoms with Crippen LogP contribution in [0.3, 0.4) is 0 Å². The number of halogens is 5. The van der Waals surface area contributed by atoms with Gasteiger partial charge in [-0.15, -0.1) is 11.3 Å². The quantitative estimate of drug-likeness (QED) is 0.302. The number of piperidine rings is 1. The molecule has 3 aromatic rings. The predicted molar refractivity (Wildman–Crippen MR) is 156 cm³/mol. The minimum absolute atomic E-state index is 0.0465. The second kappa shape index (κ2) is 12.2. The van der Waals surface area contributed by atoms with Gasteiger partial charge in [0.25, 0.3) is 5.56 Å². The molecule has 1 saturated heterocycles. The number of benzene rings is 1. The van der Waals surface area contributed by atoms with Crippen molar-refractivity contribution < 1.29 is 35.4 Å². The van der Waals surface area contributed by atoms with Gasteiger partial charge in [-0.05, 0) is 47.0 Å². The number of thiazole rings is 1. The number of likely N-dealkylation sites (tertiary alicyclic amines) is 1. The van der Waals surface area contributed by atoms with Gasteiger partial charge in [0.05, 0.1) is 37.6 Å². The molecule has 1 atom stereocenters. The number of rotatable bonds is 7. The van der Waals surface area contributed by atoms with E-state index in [9.17, 15) is 31.2 Å². The fourth-order valence-electron chi connectivity index (χ4n) is 4.85. The minimum Gasteiger partial charge on any atom is -0.387 e. The Morgan fingerprint density at radius 1 is 1.28 bits per heavy atom. The van der Waals surface area contributed by atoms with Crippen LogP contribution in [-0.4, -0.2) is 53.8 Å². The van der Waals surface area contributed by atoms with Crippen LogP contribution in [0.2, 0.25) is 5.02 Å². The summed E-state index contributed by atoms with van der Waals surface area (Å²) in [5, 5.41) is 7.11. The zero-order valence-electron chi connectivity index (χ0n) is 22.3. The third-order valence-electron chi connectivity index (χ3n) is 6.93. The van der Waals surface area contributed by atoms with Crippen molar-refractivity contribution in [1.82, 2.24) is 14.5 Å². The second-order valence-electron chi connectivity index (χ2n) is 10.0. The number of nitrogens with zero attached hydrogens (tertiary/aromatic N) is 4. The lowest BCUT2D eigenvalue weighted by molar-refractivity contribution is -0.139. The number of hydrogen-bond acceptors (Lipinski definition) is 9. The summed E-state index contributed by atoms with van der Waals surface area (Å²) in [6, 6.07) is 5.35. The number of aromatic nitrogens is 2. The molecule has 2 aliphatic heterocycles. The van der Waals surface area contributed by atoms with Gasteiger partial charge in [-0.2, -0.15) is 21.6 Å². The lowest BCUT2D eigenvalue weighted by Gasteiger charge is -2.31. The highest BCUT2D eigenvalue weighted by molar-refractivity contribution is 9.10. The molecular formula is C26H23BrClF3N4O6S2. The molecule has 2 aliphatic rings. The van der Waals surface area contributed by atoms with Gasteiger partial charge in [-0.1, -0.05) is 22.8 Å². The van der Waals surface area contributed by atoms with E-state index in [4.69, 9.17) is 25.6 Å². The van der Waals surface area contributed by atoms with Crippen molar-refractivity contribution in [2.45, 2.75) is 44.0 Å². The van der Waals surface area contributed by atoms with Gasteiger partial charge >= 0.3 is 16.3 Å². The molecule has 5 rings (SSSR count). The third-order valence-corrected chi connectivity index (χ3v) is 9.32. The van der Waals surface area contributed by atoms with Crippen LogP contribution in [0.5, 0.6) is 5.75 Å². The van der Waals surface area contributed by atoms with Crippen molar-refractivity contribution in [2.24, 2.45) is 5.16 Å². The van der Waals surface area contributed by atoms with Crippen LogP contribution in [-0.2, 0) is 32.5 Å². The molecule has 1 unspecified atom stereocenters. The van der Waals surface area contributed by atoms with Crippen LogP contribution in [0.1, 0.15) is 53.1 Å². The Balaban J connectivity index is 1.20. The summed E-state index contributed by atoms with van der Waals surface area (Å²) in [4.78, 5) is 37.0. The molecule has 2 aromatic heterocycles. The number of carbonyl (C=O) groups is 1. The van der Waals surface area contributed by atoms with Gasteiger partial charge in [0.2, 0.25) is 5.91 Å². The summed E-state index contributed by atoms with van der Waals surface area (Å²) in [6.07, 6.45) is -2.31. The van der Waals surface area contributed by atoms with Crippen molar-refractivity contribution in [1.29, 1.82) is 0 Å². The highest BCUT2D eigenvalue weighted by Gasteiger charge is 2.34. The molecule has 0 spiro atoms. The highest BCUT2D eigenvalue weighted by Crippen LogP contribution is 2.40. The molecule has 0 saturated carbocycles. The molecule has 0 radical (unpaired) electrons. The maximum Gasteiger partial charge on any atom is 0.417 e. The minimum atomic E-state index is -4.66. The first-order valence-corrected chi connectivity index (χ1v) is 16.7. The Bertz CT molecular complexity index is 1750. The van der Waals surface area contributed by atoms with E-state index in [1.54, 1.807) is 12.1 Å². The molecule has 17 heteroatoms. The first-order valence-electron chi connectivity index (χ1n) is 12.8. The number of carbonyl (C=O) groups excluding carboxylic acids is 1. The number of hydrogen-bond donors (Lipinski definition) is 0. The molecule has 1 amide bonds. The Labute approximate surface area is 261 Å². The van der Waals surface area contributed by atoms with Crippen LogP contribution in [0.15, 0.2) is 50.3 Å². The van der Waals surface area contributed by atoms with E-state index in [0.717, 1.165) is 15.8 Å². The topological polar surface area (TPSA) is 120 Å². The molecule has 230 valence electrons. The second-order valence-corrected chi connectivity index (χ2v) is 13.7. The van der Waals surface area contributed by atoms with Crippen LogP contribution < -0.4 is 9.74 Å². The largest absolute Gasteiger partial charge is 0.417 e. The van der Waals surface area contributed by atoms with Crippen molar-refractivity contribution in [3.8, 4) is 5.75 Å². The molecular weight excluding hydrogens is 701 g/mol. The molecule has 1 fully saturated rings. The monoisotopic (exact) mass is 722 g/mol. The fourth-order valence-corrected chi connectivity index (χ4v) is 7.08. The SMILES string of the molecule is CS(=O)(=O)Oc1cccc(Cl)c1C1CC(c2csc(C3CCN(C(=O)Cn4cc(C(F)(F)F)cc(Br)c4=O)CC3)n2)=NO1. The van der Waals surface area contributed by atoms with Crippen molar-refractivity contribution in [3.05, 3.63) is 77.5 Å². The maximum absolute atomic E-state index is 13.2. The average Bonchev–Trinajstić information content (AvgIpc) is 3.60. The van der Waals surface area contributed by atoms with Gasteiger partial charge in [0.15, 0.2) is 11.9 Å². The molecule has 0 aliphatic carbocycles. The van der Waals surface area contributed by atoms with Crippen molar-refractivity contribution >= 4 is 60.6 Å². The Morgan fingerprint density at radius 2 is 2.00 bits per heavy atom. The predicted octanol–water partition coefficient (Wildman–Crippen LogP) is 5.35. The number of alkyl halides is 3. The number of oxime groups is 1. The van der Waals surface area contributed by atoms with E-state index in [1.165, 1.54) is 22.3 Å². The summed E-state index contributed by atoms with van der Waals surface area (Å²) < 4.78 is 68.5. The smallest absolute Gasteiger partial charge is 0.387 e. The molecule has 10 nitrogen and oxygen atoms in total. The summed E-state index contributed by atoms with van der Waals surface area (Å²) >= 11 is 10.6. The molecule has 1 aromatic carbocycles. The first kappa shape index (κ1) is 31.5. The van der Waals surface area contributed by atoms with Crippen LogP contribution >= 0.6 is 38.9 Å². The molecule has 0 N–H and O–H groups in total. The summed E-state index contributed by atoms with van der Waals surface area (Å²) in [5.41, 5.74) is -0.221. The lowest BCUT2D eigenvalue weighted by Crippen LogP contribution is -2.41. The van der Waals surface area contributed by atoms with E-state index < -0.39 is 46.0 Å². The van der Waals surface area contributed by atoms with E-state index in [-0.39, 0.29) is 27.6 Å². The van der Waals surface area contributed by atoms with Crippen molar-refractivity contribution in [3.63, 3.8) is 0 Å². The van der Waals surface area contributed by atoms with Gasteiger partial charge in [0, 0.05) is 37.0 Å². The van der Waals surface area contributed by atoms with E-state index in [2.05, 4.69) is 21.1 Å². The summed E-state index contributed by atoms with van der Waals surface area (Å²) in [7, 11) is -3.80. The van der Waals surface area contributed by atoms with Crippen LogP contribution in [0.25, 0.3) is 0 Å². The van der Waals surface area contributed by atoms with Gasteiger partial charge in [-0.25, -0.2) is 4.98 Å². The van der Waals surface area contributed by atoms with E-state index in [0.29, 0.717) is 55.2 Å². The summed E-state index contributed by atoms with van der Waals surface area (Å²) in [5.74, 6) is -0.346. The van der Waals surface area contributed by atoms with Crippen LogP contribution in [0, 0.1) is 0 Å². The first-order chi connectivity index (χ1) is 20.2. The van der Waals surface area contributed by atoms with Gasteiger partial charge in [0.1, 0.15) is 12.3 Å². The maximum atomic E-state index is 13.2. The Morgan fingerprint density at radius 3 is 2.67 bits per heavy atom. The number of amides is 1. The fraction of sp³-hybridized carbons (Fsp3) is 0.385. The number of pyridine rings is 1. The zero-order chi connectivity index (χ0) is 31.1. The van der Waals surface area contributed by atoms with E-state index >= 15 is 0 Å². The normalized spacial score (nSPS) is 18.0. The Hall–Kier alpha value is -2.95. The third kappa shape index (κ3) is 7.24. The van der Waals surface area contributed by atoms with Crippen molar-refractivity contribution in [2.75, 3.05) is 19.3 Å². The lowest BCUT2D eigenvalue weighted by atomic mass is 9.97. The van der Waals surface area contributed by atoms with Crippen LogP contribution in [0.4, 0.5) is 13.2 Å². The molecule has 0 bridgehead atoms. The standard InChI is InChI=1S/C26H23BrClF3N4O6S2/c1-43(38,39)41-20-4-2-3-17(28)23(20)21-10-18(33-40-21)19-13-42-24(32-19)14-5-7-34(8-6-14)22(36)12-35-11-15(26(29,30)31)9-16(27)25(35)37/h2-4,9,11,13-14,21H,5-8,10,12H2,1H3. The summed E-state index contributed by atoms with van der Waals surface area (Å²) in [6.45, 7) is 0.209. The van der Waals surface area contributed by atoms with Gasteiger partial charge in [-0.3, -0.25) is 9.59 Å². The zero-order valence-corrected chi connectivity index (χ0v) is 26.3.